The number of nitrogens with one attached hydrogen (secondary N) is 1. The molecule has 0 saturated carbocycles. The maximum absolute atomic E-state index is 13.9. The molecule has 128 valence electrons. The van der Waals surface area contributed by atoms with E-state index in [-0.39, 0.29) is 41.6 Å². The Morgan fingerprint density at radius 3 is 2.54 bits per heavy atom. The highest BCUT2D eigenvalue weighted by Gasteiger charge is 2.27. The fraction of sp³-hybridized carbons (Fsp3) is 0.188. The molecule has 1 atom stereocenters. The van der Waals surface area contributed by atoms with Crippen LogP contribution in [-0.2, 0) is 0 Å². The maximum Gasteiger partial charge on any atom is 0.259 e. The summed E-state index contributed by atoms with van der Waals surface area (Å²) >= 11 is 0. The third-order valence-corrected chi connectivity index (χ3v) is 3.61. The second-order valence-corrected chi connectivity index (χ2v) is 5.16. The third-order valence-electron chi connectivity index (χ3n) is 3.61. The summed E-state index contributed by atoms with van der Waals surface area (Å²) in [4.78, 5) is 12.3. The molecular weight excluding hydrogens is 345 g/mol. The average molecular weight is 359 g/mol. The molecule has 3 N–H and O–H groups in total. The lowest BCUT2D eigenvalue weighted by Gasteiger charge is -2.25. The van der Waals surface area contributed by atoms with Crippen molar-refractivity contribution in [2.24, 2.45) is 5.73 Å². The van der Waals surface area contributed by atoms with Gasteiger partial charge in [0.1, 0.15) is 11.6 Å². The number of amides is 1. The molecule has 1 aliphatic rings. The molecule has 0 saturated heterocycles. The van der Waals surface area contributed by atoms with Crippen molar-refractivity contribution in [3.8, 4) is 5.75 Å². The van der Waals surface area contributed by atoms with Crippen LogP contribution in [0.3, 0.4) is 0 Å². The molecule has 1 amide bonds. The highest BCUT2D eigenvalue weighted by Crippen LogP contribution is 2.36. The van der Waals surface area contributed by atoms with E-state index in [1.54, 1.807) is 0 Å². The van der Waals surface area contributed by atoms with E-state index in [1.165, 1.54) is 12.1 Å². The smallest absolute Gasteiger partial charge is 0.259 e. The largest absolute Gasteiger partial charge is 0.492 e. The molecule has 4 nitrogen and oxygen atoms in total. The fourth-order valence-electron chi connectivity index (χ4n) is 2.46. The first-order valence-electron chi connectivity index (χ1n) is 6.94. The molecule has 0 aromatic heterocycles. The quantitative estimate of drug-likeness (QED) is 0.862. The first kappa shape index (κ1) is 18.1. The second-order valence-electron chi connectivity index (χ2n) is 5.16. The predicted octanol–water partition coefficient (Wildman–Crippen LogP) is 3.56. The molecule has 0 spiro atoms. The van der Waals surface area contributed by atoms with Crippen molar-refractivity contribution in [3.63, 3.8) is 0 Å². The molecule has 1 heterocycles. The van der Waals surface area contributed by atoms with Gasteiger partial charge in [-0.15, -0.1) is 12.4 Å². The zero-order valence-electron chi connectivity index (χ0n) is 12.3. The van der Waals surface area contributed by atoms with Gasteiger partial charge in [-0.2, -0.15) is 0 Å². The van der Waals surface area contributed by atoms with E-state index in [4.69, 9.17) is 10.5 Å². The standard InChI is InChI=1S/C16H13F3N2O2.ClH/c17-10-3-1-8(7-12(10)19)21-16(22)9-2-4-11(18)14-13(20)5-6-23-15(9)14;/h1-4,7,13H,5-6,20H2,(H,21,22);1H/t13-;/m0./s1. The van der Waals surface area contributed by atoms with Crippen molar-refractivity contribution in [2.75, 3.05) is 11.9 Å². The maximum atomic E-state index is 13.9. The topological polar surface area (TPSA) is 64.3 Å². The van der Waals surface area contributed by atoms with Crippen LogP contribution in [0, 0.1) is 17.5 Å². The number of carbonyl (C=O) groups is 1. The van der Waals surface area contributed by atoms with E-state index in [1.807, 2.05) is 0 Å². The van der Waals surface area contributed by atoms with Gasteiger partial charge in [0, 0.05) is 29.8 Å². The van der Waals surface area contributed by atoms with Crippen LogP contribution >= 0.6 is 12.4 Å². The van der Waals surface area contributed by atoms with Gasteiger partial charge < -0.3 is 15.8 Å². The van der Waals surface area contributed by atoms with Crippen LogP contribution in [0.15, 0.2) is 30.3 Å². The summed E-state index contributed by atoms with van der Waals surface area (Å²) in [6.45, 7) is 0.267. The first-order chi connectivity index (χ1) is 11.0. The summed E-state index contributed by atoms with van der Waals surface area (Å²) in [7, 11) is 0. The SMILES string of the molecule is Cl.N[C@H]1CCOc2c(C(=O)Nc3ccc(F)c(F)c3)ccc(F)c21. The monoisotopic (exact) mass is 358 g/mol. The van der Waals surface area contributed by atoms with Gasteiger partial charge in [0.25, 0.3) is 5.91 Å². The normalized spacial score (nSPS) is 15.8. The summed E-state index contributed by atoms with van der Waals surface area (Å²) in [5.41, 5.74) is 6.17. The molecular formula is C16H14ClF3N2O2. The van der Waals surface area contributed by atoms with Crippen molar-refractivity contribution in [1.82, 2.24) is 0 Å². The highest BCUT2D eigenvalue weighted by atomic mass is 35.5. The van der Waals surface area contributed by atoms with Crippen molar-refractivity contribution in [3.05, 3.63) is 58.9 Å². The fourth-order valence-corrected chi connectivity index (χ4v) is 2.46. The van der Waals surface area contributed by atoms with Gasteiger partial charge in [-0.25, -0.2) is 13.2 Å². The predicted molar refractivity (Wildman–Crippen MR) is 85.0 cm³/mol. The summed E-state index contributed by atoms with van der Waals surface area (Å²) in [6.07, 6.45) is 0.443. The summed E-state index contributed by atoms with van der Waals surface area (Å²) in [6, 6.07) is 4.82. The Kier molecular flexibility index (Phi) is 5.36. The lowest BCUT2D eigenvalue weighted by Crippen LogP contribution is -2.25. The number of halogens is 4. The molecule has 0 unspecified atom stereocenters. The number of hydrogen-bond donors (Lipinski definition) is 2. The van der Waals surface area contributed by atoms with Gasteiger partial charge in [-0.3, -0.25) is 4.79 Å². The Balaban J connectivity index is 0.00000208. The first-order valence-corrected chi connectivity index (χ1v) is 6.94. The van der Waals surface area contributed by atoms with Crippen LogP contribution < -0.4 is 15.8 Å². The van der Waals surface area contributed by atoms with Gasteiger partial charge >= 0.3 is 0 Å². The molecule has 0 fully saturated rings. The van der Waals surface area contributed by atoms with Crippen molar-refractivity contribution in [2.45, 2.75) is 12.5 Å². The van der Waals surface area contributed by atoms with E-state index in [0.29, 0.717) is 6.42 Å². The Morgan fingerprint density at radius 1 is 1.12 bits per heavy atom. The molecule has 0 radical (unpaired) electrons. The van der Waals surface area contributed by atoms with Gasteiger partial charge in [-0.05, 0) is 24.3 Å². The van der Waals surface area contributed by atoms with Gasteiger partial charge in [-0.1, -0.05) is 0 Å². The Bertz CT molecular complexity index is 786. The van der Waals surface area contributed by atoms with E-state index in [9.17, 15) is 18.0 Å². The van der Waals surface area contributed by atoms with Crippen LogP contribution in [0.25, 0.3) is 0 Å². The molecule has 1 aliphatic heterocycles. The van der Waals surface area contributed by atoms with Crippen molar-refractivity contribution in [1.29, 1.82) is 0 Å². The minimum atomic E-state index is -1.08. The lowest BCUT2D eigenvalue weighted by molar-refractivity contribution is 0.102. The van der Waals surface area contributed by atoms with E-state index >= 15 is 0 Å². The minimum Gasteiger partial charge on any atom is -0.492 e. The molecule has 24 heavy (non-hydrogen) atoms. The molecule has 2 aromatic rings. The molecule has 2 aromatic carbocycles. The van der Waals surface area contributed by atoms with Crippen LogP contribution in [0.5, 0.6) is 5.75 Å². The Morgan fingerprint density at radius 2 is 1.83 bits per heavy atom. The van der Waals surface area contributed by atoms with Crippen molar-refractivity contribution < 1.29 is 22.7 Å². The van der Waals surface area contributed by atoms with E-state index < -0.39 is 29.4 Å². The summed E-state index contributed by atoms with van der Waals surface area (Å²) < 4.78 is 45.4. The molecule has 8 heteroatoms. The van der Waals surface area contributed by atoms with Crippen molar-refractivity contribution >= 4 is 24.0 Å². The minimum absolute atomic E-state index is 0. The van der Waals surface area contributed by atoms with Crippen LogP contribution in [0.4, 0.5) is 18.9 Å². The molecule has 3 rings (SSSR count). The Hall–Kier alpha value is -2.25. The van der Waals surface area contributed by atoms with Crippen LogP contribution in [0.2, 0.25) is 0 Å². The van der Waals surface area contributed by atoms with Gasteiger partial charge in [0.2, 0.25) is 0 Å². The number of anilines is 1. The Labute approximate surface area is 142 Å². The number of benzene rings is 2. The zero-order chi connectivity index (χ0) is 16.6. The van der Waals surface area contributed by atoms with E-state index in [2.05, 4.69) is 5.32 Å². The van der Waals surface area contributed by atoms with Crippen LogP contribution in [-0.4, -0.2) is 12.5 Å². The highest BCUT2D eigenvalue weighted by molar-refractivity contribution is 6.06. The van der Waals surface area contributed by atoms with Gasteiger partial charge in [0.15, 0.2) is 11.6 Å². The number of hydrogen-bond acceptors (Lipinski definition) is 3. The zero-order valence-corrected chi connectivity index (χ0v) is 13.1. The van der Waals surface area contributed by atoms with Crippen LogP contribution in [0.1, 0.15) is 28.4 Å². The number of fused-ring (bicyclic) bond motifs is 1. The molecule has 0 bridgehead atoms. The number of rotatable bonds is 2. The summed E-state index contributed by atoms with van der Waals surface area (Å²) in [5.74, 6) is -3.18. The second kappa shape index (κ2) is 7.11. The summed E-state index contributed by atoms with van der Waals surface area (Å²) in [5, 5.41) is 2.42. The number of ether oxygens (including phenoxy) is 1. The number of carbonyl (C=O) groups excluding carboxylic acids is 1. The van der Waals surface area contributed by atoms with E-state index in [0.717, 1.165) is 18.2 Å². The molecule has 0 aliphatic carbocycles. The number of nitrogens with two attached hydrogens (primary N) is 1. The third kappa shape index (κ3) is 3.32. The lowest BCUT2D eigenvalue weighted by atomic mass is 9.97. The van der Waals surface area contributed by atoms with Gasteiger partial charge in [0.05, 0.1) is 12.2 Å². The average Bonchev–Trinajstić information content (AvgIpc) is 2.51.